The largest absolute Gasteiger partial charge is 0.368 e. The summed E-state index contributed by atoms with van der Waals surface area (Å²) in [5, 5.41) is 8.81. The van der Waals surface area contributed by atoms with Crippen molar-refractivity contribution in [2.75, 3.05) is 31.1 Å². The second-order valence-corrected chi connectivity index (χ2v) is 7.33. The first kappa shape index (κ1) is 23.3. The predicted octanol–water partition coefficient (Wildman–Crippen LogP) is 3.28. The number of nitrogens with zero attached hydrogens (tertiary/aromatic N) is 3. The first-order valence-electron chi connectivity index (χ1n) is 9.07. The summed E-state index contributed by atoms with van der Waals surface area (Å²) in [4.78, 5) is 16.9. The van der Waals surface area contributed by atoms with Crippen molar-refractivity contribution < 1.29 is 4.79 Å². The van der Waals surface area contributed by atoms with Crippen molar-refractivity contribution in [2.24, 2.45) is 5.73 Å². The van der Waals surface area contributed by atoms with Crippen LogP contribution >= 0.6 is 36.4 Å². The Morgan fingerprint density at radius 2 is 1.79 bits per heavy atom. The van der Waals surface area contributed by atoms with Crippen molar-refractivity contribution >= 4 is 58.9 Å². The lowest BCUT2D eigenvalue weighted by Crippen LogP contribution is -2.53. The highest BCUT2D eigenvalue weighted by molar-refractivity contribution is 6.30. The minimum Gasteiger partial charge on any atom is -0.368 e. The summed E-state index contributed by atoms with van der Waals surface area (Å²) in [6.45, 7) is 2.94. The van der Waals surface area contributed by atoms with Crippen LogP contribution in [0.1, 0.15) is 5.56 Å². The normalized spacial score (nSPS) is 14.8. The number of carbonyl (C=O) groups excluding carboxylic acids is 1. The summed E-state index contributed by atoms with van der Waals surface area (Å²) in [5.74, 6) is 0.00915. The van der Waals surface area contributed by atoms with Crippen molar-refractivity contribution in [3.05, 3.63) is 59.2 Å². The molecule has 0 radical (unpaired) electrons. The van der Waals surface area contributed by atoms with E-state index in [2.05, 4.69) is 27.2 Å². The molecular formula is C20H24Cl3N5O. The fourth-order valence-electron chi connectivity index (χ4n) is 3.51. The SMILES string of the molecule is Cl.Cl.N[C@@H](Cc1ccc(Cl)cc1)C(=O)N1CCN(c2ccc3[nH]ncc3c2)CC1. The van der Waals surface area contributed by atoms with Crippen molar-refractivity contribution in [3.8, 4) is 0 Å². The number of rotatable bonds is 4. The summed E-state index contributed by atoms with van der Waals surface area (Å²) in [6, 6.07) is 13.2. The van der Waals surface area contributed by atoms with Crippen LogP contribution < -0.4 is 10.6 Å². The van der Waals surface area contributed by atoms with Crippen LogP contribution in [-0.4, -0.2) is 53.2 Å². The number of nitrogens with two attached hydrogens (primary N) is 1. The summed E-state index contributed by atoms with van der Waals surface area (Å²) in [5.41, 5.74) is 9.37. The molecule has 3 N–H and O–H groups in total. The molecular weight excluding hydrogens is 433 g/mol. The van der Waals surface area contributed by atoms with Gasteiger partial charge in [-0.25, -0.2) is 0 Å². The molecule has 4 rings (SSSR count). The van der Waals surface area contributed by atoms with E-state index in [0.29, 0.717) is 24.5 Å². The van der Waals surface area contributed by atoms with Gasteiger partial charge in [0, 0.05) is 42.3 Å². The van der Waals surface area contributed by atoms with Gasteiger partial charge in [-0.05, 0) is 42.3 Å². The third-order valence-corrected chi connectivity index (χ3v) is 5.32. The molecule has 1 amide bonds. The monoisotopic (exact) mass is 455 g/mol. The topological polar surface area (TPSA) is 78.3 Å². The Labute approximate surface area is 187 Å². The molecule has 2 aromatic carbocycles. The molecule has 1 atom stereocenters. The molecule has 0 saturated carbocycles. The molecule has 0 unspecified atom stereocenters. The smallest absolute Gasteiger partial charge is 0.239 e. The van der Waals surface area contributed by atoms with Crippen LogP contribution in [0, 0.1) is 0 Å². The van der Waals surface area contributed by atoms with Crippen LogP contribution in [0.4, 0.5) is 5.69 Å². The Hall–Kier alpha value is -1.99. The van der Waals surface area contributed by atoms with E-state index in [1.807, 2.05) is 41.4 Å². The van der Waals surface area contributed by atoms with Gasteiger partial charge in [-0.15, -0.1) is 24.8 Å². The molecule has 156 valence electrons. The van der Waals surface area contributed by atoms with Gasteiger partial charge in [-0.2, -0.15) is 5.10 Å². The van der Waals surface area contributed by atoms with E-state index in [1.54, 1.807) is 0 Å². The standard InChI is InChI=1S/C20H22ClN5O.2ClH/c21-16-3-1-14(2-4-16)11-18(22)20(27)26-9-7-25(8-10-26)17-5-6-19-15(12-17)13-23-24-19;;/h1-6,12-13,18H,7-11,22H2,(H,23,24);2*1H/t18-;;/m0../s1. The first-order valence-corrected chi connectivity index (χ1v) is 9.45. The van der Waals surface area contributed by atoms with Gasteiger partial charge in [-0.1, -0.05) is 23.7 Å². The van der Waals surface area contributed by atoms with Crippen LogP contribution in [0.3, 0.4) is 0 Å². The fraction of sp³-hybridized carbons (Fsp3) is 0.300. The number of benzene rings is 2. The Morgan fingerprint density at radius 1 is 1.10 bits per heavy atom. The Kier molecular flexibility index (Phi) is 8.16. The van der Waals surface area contributed by atoms with Gasteiger partial charge in [-0.3, -0.25) is 9.89 Å². The van der Waals surface area contributed by atoms with Gasteiger partial charge in [0.1, 0.15) is 0 Å². The number of aromatic nitrogens is 2. The zero-order valence-electron chi connectivity index (χ0n) is 15.8. The van der Waals surface area contributed by atoms with Crippen molar-refractivity contribution in [1.29, 1.82) is 0 Å². The molecule has 6 nitrogen and oxygen atoms in total. The van der Waals surface area contributed by atoms with E-state index in [9.17, 15) is 4.79 Å². The van der Waals surface area contributed by atoms with Crippen LogP contribution in [0.2, 0.25) is 5.02 Å². The fourth-order valence-corrected chi connectivity index (χ4v) is 3.63. The minimum atomic E-state index is -0.528. The molecule has 9 heteroatoms. The number of hydrogen-bond donors (Lipinski definition) is 2. The summed E-state index contributed by atoms with van der Waals surface area (Å²) in [7, 11) is 0. The second kappa shape index (κ2) is 10.2. The van der Waals surface area contributed by atoms with Crippen molar-refractivity contribution in [1.82, 2.24) is 15.1 Å². The number of halogens is 3. The Morgan fingerprint density at radius 3 is 2.48 bits per heavy atom. The molecule has 1 aliphatic rings. The third kappa shape index (κ3) is 5.34. The van der Waals surface area contributed by atoms with Gasteiger partial charge in [0.15, 0.2) is 0 Å². The van der Waals surface area contributed by atoms with Crippen LogP contribution in [0.5, 0.6) is 0 Å². The maximum Gasteiger partial charge on any atom is 0.239 e. The van der Waals surface area contributed by atoms with Gasteiger partial charge < -0.3 is 15.5 Å². The molecule has 2 heterocycles. The van der Waals surface area contributed by atoms with E-state index >= 15 is 0 Å². The van der Waals surface area contributed by atoms with Crippen LogP contribution in [0.25, 0.3) is 10.9 Å². The zero-order valence-corrected chi connectivity index (χ0v) is 18.1. The molecule has 1 saturated heterocycles. The molecule has 1 fully saturated rings. The maximum absolute atomic E-state index is 12.7. The molecule has 3 aromatic rings. The van der Waals surface area contributed by atoms with E-state index < -0.39 is 6.04 Å². The zero-order chi connectivity index (χ0) is 18.8. The van der Waals surface area contributed by atoms with Gasteiger partial charge >= 0.3 is 0 Å². The molecule has 29 heavy (non-hydrogen) atoms. The second-order valence-electron chi connectivity index (χ2n) is 6.89. The molecule has 1 aromatic heterocycles. The van der Waals surface area contributed by atoms with Gasteiger partial charge in [0.2, 0.25) is 5.91 Å². The van der Waals surface area contributed by atoms with E-state index in [4.69, 9.17) is 17.3 Å². The molecule has 0 spiro atoms. The van der Waals surface area contributed by atoms with Gasteiger partial charge in [0.05, 0.1) is 17.8 Å². The number of amides is 1. The quantitative estimate of drug-likeness (QED) is 0.631. The lowest BCUT2D eigenvalue weighted by Gasteiger charge is -2.37. The summed E-state index contributed by atoms with van der Waals surface area (Å²) >= 11 is 5.91. The number of fused-ring (bicyclic) bond motifs is 1. The van der Waals surface area contributed by atoms with E-state index in [-0.39, 0.29) is 30.7 Å². The van der Waals surface area contributed by atoms with Crippen LogP contribution in [-0.2, 0) is 11.2 Å². The number of nitrogens with one attached hydrogen (secondary N) is 1. The molecule has 1 aliphatic heterocycles. The highest BCUT2D eigenvalue weighted by Crippen LogP contribution is 2.22. The van der Waals surface area contributed by atoms with E-state index in [1.165, 1.54) is 0 Å². The lowest BCUT2D eigenvalue weighted by molar-refractivity contribution is -0.132. The first-order chi connectivity index (χ1) is 13.1. The highest BCUT2D eigenvalue weighted by Gasteiger charge is 2.25. The molecule has 0 bridgehead atoms. The Balaban J connectivity index is 0.00000150. The maximum atomic E-state index is 12.7. The number of H-pyrrole nitrogens is 1. The van der Waals surface area contributed by atoms with Crippen LogP contribution in [0.15, 0.2) is 48.7 Å². The minimum absolute atomic E-state index is 0. The molecule has 0 aliphatic carbocycles. The highest BCUT2D eigenvalue weighted by atomic mass is 35.5. The Bertz CT molecular complexity index is 939. The van der Waals surface area contributed by atoms with Gasteiger partial charge in [0.25, 0.3) is 0 Å². The van der Waals surface area contributed by atoms with E-state index in [0.717, 1.165) is 35.2 Å². The third-order valence-electron chi connectivity index (χ3n) is 5.07. The number of anilines is 1. The predicted molar refractivity (Wildman–Crippen MR) is 123 cm³/mol. The average molecular weight is 457 g/mol. The van der Waals surface area contributed by atoms with Crippen molar-refractivity contribution in [2.45, 2.75) is 12.5 Å². The number of hydrogen-bond acceptors (Lipinski definition) is 4. The lowest BCUT2D eigenvalue weighted by atomic mass is 10.1. The average Bonchev–Trinajstić information content (AvgIpc) is 3.17. The summed E-state index contributed by atoms with van der Waals surface area (Å²) < 4.78 is 0. The summed E-state index contributed by atoms with van der Waals surface area (Å²) in [6.07, 6.45) is 2.35. The number of carbonyl (C=O) groups is 1. The number of aromatic amines is 1. The number of piperazine rings is 1. The van der Waals surface area contributed by atoms with Crippen molar-refractivity contribution in [3.63, 3.8) is 0 Å².